The Kier molecular flexibility index (Phi) is 7.69. The molecule has 4 rings (SSSR count). The summed E-state index contributed by atoms with van der Waals surface area (Å²) in [5, 5.41) is 11.7. The van der Waals surface area contributed by atoms with Crippen LogP contribution in [0.4, 0.5) is 0 Å². The van der Waals surface area contributed by atoms with Gasteiger partial charge in [0.1, 0.15) is 6.54 Å². The van der Waals surface area contributed by atoms with Crippen LogP contribution in [0.25, 0.3) is 0 Å². The molecule has 9 nitrogen and oxygen atoms in total. The van der Waals surface area contributed by atoms with Gasteiger partial charge in [0.05, 0.1) is 29.4 Å². The highest BCUT2D eigenvalue weighted by atomic mass is 32.1. The van der Waals surface area contributed by atoms with Gasteiger partial charge in [-0.1, -0.05) is 6.07 Å². The normalized spacial score (nSPS) is 24.2. The molecule has 2 aromatic heterocycles. The number of carboxylic acid groups (broad SMARTS) is 1. The highest BCUT2D eigenvalue weighted by Crippen LogP contribution is 2.52. The van der Waals surface area contributed by atoms with E-state index in [-0.39, 0.29) is 25.0 Å². The fraction of sp³-hybridized carbons (Fsp3) is 0.476. The Morgan fingerprint density at radius 1 is 1.35 bits per heavy atom. The molecule has 2 saturated heterocycles. The SMILES string of the molecule is COC(=O)CNC(=O)[C@@]1(Cc2cscn2)C[C@H]2CC[C@@H]1N2Cc1ccccn1.O=CO. The van der Waals surface area contributed by atoms with Crippen LogP contribution in [0.3, 0.4) is 0 Å². The zero-order valence-corrected chi connectivity index (χ0v) is 18.1. The quantitative estimate of drug-likeness (QED) is 0.485. The maximum absolute atomic E-state index is 13.3. The molecule has 10 heteroatoms. The number of thiazole rings is 1. The largest absolute Gasteiger partial charge is 0.483 e. The molecule has 2 bridgehead atoms. The van der Waals surface area contributed by atoms with Crippen molar-refractivity contribution in [2.45, 2.75) is 44.3 Å². The number of fused-ring (bicyclic) bond motifs is 2. The van der Waals surface area contributed by atoms with Gasteiger partial charge in [0.15, 0.2) is 0 Å². The van der Waals surface area contributed by atoms with E-state index in [0.29, 0.717) is 12.5 Å². The molecule has 166 valence electrons. The lowest BCUT2D eigenvalue weighted by Gasteiger charge is -2.36. The van der Waals surface area contributed by atoms with Crippen LogP contribution in [0.1, 0.15) is 30.7 Å². The van der Waals surface area contributed by atoms with Crippen LogP contribution in [0.5, 0.6) is 0 Å². The fourth-order valence-corrected chi connectivity index (χ4v) is 5.35. The Labute approximate surface area is 184 Å². The lowest BCUT2D eigenvalue weighted by atomic mass is 9.70. The van der Waals surface area contributed by atoms with Gasteiger partial charge in [-0.15, -0.1) is 11.3 Å². The molecule has 0 aromatic carbocycles. The predicted octanol–water partition coefficient (Wildman–Crippen LogP) is 1.49. The van der Waals surface area contributed by atoms with Gasteiger partial charge < -0.3 is 15.2 Å². The third kappa shape index (κ3) is 5.08. The van der Waals surface area contributed by atoms with E-state index in [9.17, 15) is 9.59 Å². The number of pyridine rings is 1. The van der Waals surface area contributed by atoms with Crippen molar-refractivity contribution < 1.29 is 24.2 Å². The Morgan fingerprint density at radius 2 is 2.16 bits per heavy atom. The summed E-state index contributed by atoms with van der Waals surface area (Å²) in [6.45, 7) is 0.380. The molecule has 0 saturated carbocycles. The van der Waals surface area contributed by atoms with Crippen molar-refractivity contribution in [3.05, 3.63) is 46.7 Å². The molecule has 1 amide bonds. The van der Waals surface area contributed by atoms with E-state index in [4.69, 9.17) is 9.90 Å². The monoisotopic (exact) mass is 446 g/mol. The number of nitrogens with zero attached hydrogens (tertiary/aromatic N) is 3. The Bertz CT molecular complexity index is 879. The van der Waals surface area contributed by atoms with Crippen molar-refractivity contribution in [1.82, 2.24) is 20.2 Å². The molecular weight excluding hydrogens is 420 g/mol. The smallest absolute Gasteiger partial charge is 0.325 e. The van der Waals surface area contributed by atoms with Gasteiger partial charge in [-0.25, -0.2) is 4.98 Å². The minimum Gasteiger partial charge on any atom is -0.483 e. The van der Waals surface area contributed by atoms with Crippen molar-refractivity contribution in [2.75, 3.05) is 13.7 Å². The number of aromatic nitrogens is 2. The number of hydrogen-bond acceptors (Lipinski definition) is 8. The second kappa shape index (κ2) is 10.5. The van der Waals surface area contributed by atoms with E-state index in [1.54, 1.807) is 11.7 Å². The number of amides is 1. The van der Waals surface area contributed by atoms with Gasteiger partial charge in [-0.2, -0.15) is 0 Å². The fourth-order valence-electron chi connectivity index (χ4n) is 4.79. The lowest BCUT2D eigenvalue weighted by molar-refractivity contribution is -0.143. The molecule has 0 radical (unpaired) electrons. The van der Waals surface area contributed by atoms with Crippen molar-refractivity contribution in [1.29, 1.82) is 0 Å². The molecule has 4 heterocycles. The number of carbonyl (C=O) groups is 3. The first-order valence-corrected chi connectivity index (χ1v) is 10.9. The predicted molar refractivity (Wildman–Crippen MR) is 113 cm³/mol. The number of nitrogens with one attached hydrogen (secondary N) is 1. The molecule has 0 unspecified atom stereocenters. The van der Waals surface area contributed by atoms with Crippen molar-refractivity contribution in [3.8, 4) is 0 Å². The summed E-state index contributed by atoms with van der Waals surface area (Å²) in [5.74, 6) is -0.519. The molecule has 31 heavy (non-hydrogen) atoms. The van der Waals surface area contributed by atoms with Crippen LogP contribution in [-0.4, -0.2) is 64.1 Å². The van der Waals surface area contributed by atoms with Crippen LogP contribution < -0.4 is 5.32 Å². The third-order valence-corrected chi connectivity index (χ3v) is 6.64. The second-order valence-electron chi connectivity index (χ2n) is 7.62. The molecule has 3 atom stereocenters. The van der Waals surface area contributed by atoms with Gasteiger partial charge >= 0.3 is 5.97 Å². The molecule has 2 N–H and O–H groups in total. The van der Waals surface area contributed by atoms with Crippen molar-refractivity contribution in [3.63, 3.8) is 0 Å². The van der Waals surface area contributed by atoms with Gasteiger partial charge in [0.25, 0.3) is 6.47 Å². The molecular formula is C21H26N4O5S. The first kappa shape index (κ1) is 22.8. The third-order valence-electron chi connectivity index (χ3n) is 6.00. The van der Waals surface area contributed by atoms with Gasteiger partial charge in [-0.05, 0) is 31.4 Å². The van der Waals surface area contributed by atoms with E-state index < -0.39 is 11.4 Å². The Morgan fingerprint density at radius 3 is 2.81 bits per heavy atom. The second-order valence-corrected chi connectivity index (χ2v) is 8.34. The summed E-state index contributed by atoms with van der Waals surface area (Å²) >= 11 is 1.54. The van der Waals surface area contributed by atoms with Crippen molar-refractivity contribution in [2.24, 2.45) is 5.41 Å². The molecule has 0 spiro atoms. The topological polar surface area (TPSA) is 122 Å². The summed E-state index contributed by atoms with van der Waals surface area (Å²) in [6, 6.07) is 6.38. The van der Waals surface area contributed by atoms with Crippen LogP contribution in [0.15, 0.2) is 35.3 Å². The maximum atomic E-state index is 13.3. The standard InChI is InChI=1S/C20H24N4O3S.CH2O2/c1-27-18(25)10-22-19(26)20(8-15-12-28-13-23-15)9-16-5-6-17(20)24(16)11-14-4-2-3-7-21-14;2-1-3/h2-4,7,12-13,16-17H,5-6,8-11H2,1H3,(H,22,26);1H,(H,2,3)/t16-,17+,20+;/m1./s1. The van der Waals surface area contributed by atoms with E-state index in [2.05, 4.69) is 24.9 Å². The molecule has 2 aliphatic rings. The van der Waals surface area contributed by atoms with Gasteiger partial charge in [0, 0.05) is 36.6 Å². The number of hydrogen-bond donors (Lipinski definition) is 2. The first-order valence-electron chi connectivity index (χ1n) is 9.99. The first-order chi connectivity index (χ1) is 15.0. The zero-order valence-electron chi connectivity index (χ0n) is 17.3. The average Bonchev–Trinajstić information content (AvgIpc) is 3.49. The van der Waals surface area contributed by atoms with Gasteiger partial charge in [0.2, 0.25) is 5.91 Å². The average molecular weight is 447 g/mol. The van der Waals surface area contributed by atoms with Crippen LogP contribution >= 0.6 is 11.3 Å². The molecule has 2 fully saturated rings. The van der Waals surface area contributed by atoms with Crippen LogP contribution in [0, 0.1) is 5.41 Å². The van der Waals surface area contributed by atoms with Gasteiger partial charge in [-0.3, -0.25) is 24.3 Å². The summed E-state index contributed by atoms with van der Waals surface area (Å²) in [5.41, 5.74) is 3.16. The zero-order chi connectivity index (χ0) is 22.3. The summed E-state index contributed by atoms with van der Waals surface area (Å²) in [7, 11) is 1.33. The van der Waals surface area contributed by atoms with E-state index in [1.807, 2.05) is 23.6 Å². The summed E-state index contributed by atoms with van der Waals surface area (Å²) in [6.07, 6.45) is 5.21. The van der Waals surface area contributed by atoms with E-state index >= 15 is 0 Å². The number of ether oxygens (including phenoxy) is 1. The highest BCUT2D eigenvalue weighted by molar-refractivity contribution is 7.07. The number of methoxy groups -OCH3 is 1. The molecule has 0 aliphatic carbocycles. The molecule has 2 aliphatic heterocycles. The summed E-state index contributed by atoms with van der Waals surface area (Å²) in [4.78, 5) is 44.5. The van der Waals surface area contributed by atoms with Crippen molar-refractivity contribution >= 4 is 29.7 Å². The highest BCUT2D eigenvalue weighted by Gasteiger charge is 2.59. The maximum Gasteiger partial charge on any atom is 0.325 e. The lowest BCUT2D eigenvalue weighted by Crippen LogP contribution is -2.51. The number of rotatable bonds is 7. The minimum absolute atomic E-state index is 0.0795. The molecule has 2 aromatic rings. The Balaban J connectivity index is 0.000000858. The minimum atomic E-state index is -0.584. The number of esters is 1. The summed E-state index contributed by atoms with van der Waals surface area (Å²) < 4.78 is 4.68. The van der Waals surface area contributed by atoms with Crippen LogP contribution in [-0.2, 0) is 32.1 Å². The van der Waals surface area contributed by atoms with E-state index in [1.165, 1.54) is 18.4 Å². The number of carbonyl (C=O) groups excluding carboxylic acids is 2. The van der Waals surface area contributed by atoms with E-state index in [0.717, 1.165) is 37.2 Å². The van der Waals surface area contributed by atoms with Crippen LogP contribution in [0.2, 0.25) is 0 Å². The Hall–Kier alpha value is -2.85.